The number of halogens is 2. The molecule has 6 heteroatoms. The first-order valence-corrected chi connectivity index (χ1v) is 7.84. The van der Waals surface area contributed by atoms with Gasteiger partial charge >= 0.3 is 0 Å². The number of hydrogen-bond acceptors (Lipinski definition) is 3. The van der Waals surface area contributed by atoms with Crippen molar-refractivity contribution in [2.75, 3.05) is 5.32 Å². The van der Waals surface area contributed by atoms with Gasteiger partial charge in [0.05, 0.1) is 12.1 Å². The van der Waals surface area contributed by atoms with Gasteiger partial charge in [-0.3, -0.25) is 14.5 Å². The molecule has 114 valence electrons. The predicted octanol–water partition coefficient (Wildman–Crippen LogP) is 3.32. The highest BCUT2D eigenvalue weighted by Gasteiger charge is 2.41. The zero-order valence-electron chi connectivity index (χ0n) is 12.0. The Morgan fingerprint density at radius 3 is 2.67 bits per heavy atom. The van der Waals surface area contributed by atoms with Gasteiger partial charge in [-0.2, -0.15) is 0 Å². The molecule has 1 heterocycles. The highest BCUT2D eigenvalue weighted by Crippen LogP contribution is 2.26. The fraction of sp³-hybridized carbons (Fsp3) is 0.467. The minimum absolute atomic E-state index is 0.0707. The van der Waals surface area contributed by atoms with Crippen LogP contribution in [0.1, 0.15) is 33.1 Å². The van der Waals surface area contributed by atoms with E-state index in [0.717, 1.165) is 12.8 Å². The second kappa shape index (κ2) is 6.56. The first-order valence-electron chi connectivity index (χ1n) is 7.05. The molecule has 1 aliphatic heterocycles. The van der Waals surface area contributed by atoms with Crippen molar-refractivity contribution in [2.24, 2.45) is 0 Å². The van der Waals surface area contributed by atoms with Crippen molar-refractivity contribution in [3.63, 3.8) is 0 Å². The minimum Gasteiger partial charge on any atom is -0.371 e. The molecule has 0 aromatic heterocycles. The van der Waals surface area contributed by atoms with E-state index in [2.05, 4.69) is 21.2 Å². The lowest BCUT2D eigenvalue weighted by atomic mass is 10.1. The van der Waals surface area contributed by atoms with Crippen LogP contribution < -0.4 is 5.32 Å². The van der Waals surface area contributed by atoms with Crippen molar-refractivity contribution in [3.8, 4) is 0 Å². The summed E-state index contributed by atoms with van der Waals surface area (Å²) in [4.78, 5) is 25.8. The van der Waals surface area contributed by atoms with Gasteiger partial charge < -0.3 is 5.32 Å². The van der Waals surface area contributed by atoms with Gasteiger partial charge in [0.15, 0.2) is 0 Å². The Morgan fingerprint density at radius 2 is 2.05 bits per heavy atom. The molecule has 2 amide bonds. The molecule has 1 unspecified atom stereocenters. The van der Waals surface area contributed by atoms with Crippen molar-refractivity contribution in [2.45, 2.75) is 45.2 Å². The molecule has 1 N–H and O–H groups in total. The Labute approximate surface area is 131 Å². The molecular weight excluding hydrogens is 339 g/mol. The zero-order chi connectivity index (χ0) is 15.6. The van der Waals surface area contributed by atoms with Crippen molar-refractivity contribution in [1.29, 1.82) is 0 Å². The molecular formula is C15H18BrFN2O2. The van der Waals surface area contributed by atoms with Crippen LogP contribution in [0.25, 0.3) is 0 Å². The molecule has 1 aliphatic rings. The second-order valence-electron chi connectivity index (χ2n) is 5.10. The SMILES string of the molecule is CCC(CC)N1C(=O)CC(Nc2cc(Br)ccc2F)C1=O. The van der Waals surface area contributed by atoms with Crippen LogP contribution in [0.4, 0.5) is 10.1 Å². The summed E-state index contributed by atoms with van der Waals surface area (Å²) < 4.78 is 14.5. The lowest BCUT2D eigenvalue weighted by Crippen LogP contribution is -2.41. The number of carbonyl (C=O) groups is 2. The van der Waals surface area contributed by atoms with E-state index in [1.165, 1.54) is 11.0 Å². The number of anilines is 1. The summed E-state index contributed by atoms with van der Waals surface area (Å²) in [5, 5.41) is 2.85. The van der Waals surface area contributed by atoms with Crippen LogP contribution in [0.2, 0.25) is 0 Å². The van der Waals surface area contributed by atoms with E-state index in [4.69, 9.17) is 0 Å². The summed E-state index contributed by atoms with van der Waals surface area (Å²) >= 11 is 3.26. The van der Waals surface area contributed by atoms with Crippen LogP contribution in [0, 0.1) is 5.82 Å². The highest BCUT2D eigenvalue weighted by atomic mass is 79.9. The van der Waals surface area contributed by atoms with Crippen LogP contribution in [-0.4, -0.2) is 28.8 Å². The van der Waals surface area contributed by atoms with E-state index >= 15 is 0 Å². The molecule has 0 spiro atoms. The van der Waals surface area contributed by atoms with Gasteiger partial charge in [0.1, 0.15) is 11.9 Å². The van der Waals surface area contributed by atoms with E-state index < -0.39 is 11.9 Å². The summed E-state index contributed by atoms with van der Waals surface area (Å²) in [5.41, 5.74) is 0.224. The molecule has 0 aliphatic carbocycles. The first kappa shape index (κ1) is 15.9. The van der Waals surface area contributed by atoms with E-state index in [9.17, 15) is 14.0 Å². The van der Waals surface area contributed by atoms with Gasteiger partial charge in [0.25, 0.3) is 5.91 Å². The maximum absolute atomic E-state index is 13.7. The number of likely N-dealkylation sites (tertiary alicyclic amines) is 1. The fourth-order valence-electron chi connectivity index (χ4n) is 2.60. The Balaban J connectivity index is 2.17. The Kier molecular flexibility index (Phi) is 4.98. The molecule has 0 radical (unpaired) electrons. The van der Waals surface area contributed by atoms with Crippen molar-refractivity contribution in [3.05, 3.63) is 28.5 Å². The standard InChI is InChI=1S/C15H18BrFN2O2/c1-3-10(4-2)19-14(20)8-13(15(19)21)18-12-7-9(16)5-6-11(12)17/h5-7,10,13,18H,3-4,8H2,1-2H3. The average molecular weight is 357 g/mol. The fourth-order valence-corrected chi connectivity index (χ4v) is 2.96. The van der Waals surface area contributed by atoms with Crippen LogP contribution in [0.5, 0.6) is 0 Å². The quantitative estimate of drug-likeness (QED) is 0.823. The van der Waals surface area contributed by atoms with E-state index in [-0.39, 0.29) is 30.0 Å². The largest absolute Gasteiger partial charge is 0.371 e. The lowest BCUT2D eigenvalue weighted by Gasteiger charge is -2.24. The molecule has 4 nitrogen and oxygen atoms in total. The van der Waals surface area contributed by atoms with Gasteiger partial charge in [0, 0.05) is 10.5 Å². The molecule has 2 rings (SSSR count). The number of carbonyl (C=O) groups excluding carboxylic acids is 2. The number of benzene rings is 1. The van der Waals surface area contributed by atoms with Gasteiger partial charge in [0.2, 0.25) is 5.91 Å². The van der Waals surface area contributed by atoms with Crippen molar-refractivity contribution in [1.82, 2.24) is 4.90 Å². The summed E-state index contributed by atoms with van der Waals surface area (Å²) in [7, 11) is 0. The van der Waals surface area contributed by atoms with Gasteiger partial charge in [-0.1, -0.05) is 29.8 Å². The van der Waals surface area contributed by atoms with Crippen LogP contribution in [-0.2, 0) is 9.59 Å². The van der Waals surface area contributed by atoms with E-state index in [1.807, 2.05) is 13.8 Å². The molecule has 1 saturated heterocycles. The van der Waals surface area contributed by atoms with Crippen molar-refractivity contribution < 1.29 is 14.0 Å². The van der Waals surface area contributed by atoms with Gasteiger partial charge in [-0.15, -0.1) is 0 Å². The summed E-state index contributed by atoms with van der Waals surface area (Å²) in [6.45, 7) is 3.90. The zero-order valence-corrected chi connectivity index (χ0v) is 13.6. The minimum atomic E-state index is -0.693. The van der Waals surface area contributed by atoms with E-state index in [0.29, 0.717) is 4.47 Å². The smallest absolute Gasteiger partial charge is 0.252 e. The Bertz CT molecular complexity index is 561. The molecule has 1 atom stereocenters. The van der Waals surface area contributed by atoms with Crippen molar-refractivity contribution >= 4 is 33.4 Å². The third kappa shape index (κ3) is 3.26. The third-order valence-corrected chi connectivity index (χ3v) is 4.24. The third-order valence-electron chi connectivity index (χ3n) is 3.75. The van der Waals surface area contributed by atoms with Crippen LogP contribution in [0.3, 0.4) is 0 Å². The van der Waals surface area contributed by atoms with Crippen LogP contribution in [0.15, 0.2) is 22.7 Å². The topological polar surface area (TPSA) is 49.4 Å². The predicted molar refractivity (Wildman–Crippen MR) is 82.4 cm³/mol. The molecule has 21 heavy (non-hydrogen) atoms. The maximum atomic E-state index is 13.7. The molecule has 0 bridgehead atoms. The van der Waals surface area contributed by atoms with Gasteiger partial charge in [-0.25, -0.2) is 4.39 Å². The molecule has 0 saturated carbocycles. The second-order valence-corrected chi connectivity index (χ2v) is 6.01. The molecule has 1 fully saturated rings. The number of hydrogen-bond donors (Lipinski definition) is 1. The number of rotatable bonds is 5. The summed E-state index contributed by atoms with van der Waals surface area (Å²) in [6.07, 6.45) is 1.53. The number of nitrogens with one attached hydrogen (secondary N) is 1. The monoisotopic (exact) mass is 356 g/mol. The lowest BCUT2D eigenvalue weighted by molar-refractivity contribution is -0.141. The van der Waals surface area contributed by atoms with Crippen LogP contribution >= 0.6 is 15.9 Å². The molecule has 1 aromatic rings. The Hall–Kier alpha value is -1.43. The maximum Gasteiger partial charge on any atom is 0.252 e. The number of amides is 2. The van der Waals surface area contributed by atoms with Gasteiger partial charge in [-0.05, 0) is 31.0 Å². The summed E-state index contributed by atoms with van der Waals surface area (Å²) in [6, 6.07) is 3.68. The number of nitrogens with zero attached hydrogens (tertiary/aromatic N) is 1. The number of imide groups is 1. The normalized spacial score (nSPS) is 18.7. The van der Waals surface area contributed by atoms with E-state index in [1.54, 1.807) is 12.1 Å². The average Bonchev–Trinajstić information content (AvgIpc) is 2.72. The highest BCUT2D eigenvalue weighted by molar-refractivity contribution is 9.10. The molecule has 1 aromatic carbocycles. The Morgan fingerprint density at radius 1 is 1.38 bits per heavy atom. The first-order chi connectivity index (χ1) is 9.97. The summed E-state index contributed by atoms with van der Waals surface area (Å²) in [5.74, 6) is -0.908.